The molecule has 2 N–H and O–H groups in total. The Morgan fingerprint density at radius 2 is 1.84 bits per heavy atom. The standard InChI is InChI=1S/C23H28N4O4/c1-15(2)21(23(30)25-13-16-8-10-24-11-9-16)26-22(29)17-12-20(28)27(14-17)18-4-6-19(31-3)7-5-18/h4-11,15,17,21H,12-14H2,1-3H3,(H,25,30)(H,26,29)/t17-,21+/m1/s1. The number of carbonyl (C=O) groups is 3. The summed E-state index contributed by atoms with van der Waals surface area (Å²) in [5.74, 6) is -0.575. The van der Waals surface area contributed by atoms with Gasteiger partial charge in [-0.2, -0.15) is 0 Å². The first kappa shape index (κ1) is 22.3. The molecule has 2 atom stereocenters. The van der Waals surface area contributed by atoms with Crippen LogP contribution in [0.1, 0.15) is 25.8 Å². The lowest BCUT2D eigenvalue weighted by Crippen LogP contribution is -2.51. The summed E-state index contributed by atoms with van der Waals surface area (Å²) in [6.45, 7) is 4.38. The van der Waals surface area contributed by atoms with Gasteiger partial charge >= 0.3 is 0 Å². The molecule has 8 nitrogen and oxygen atoms in total. The Morgan fingerprint density at radius 3 is 2.45 bits per heavy atom. The van der Waals surface area contributed by atoms with E-state index in [1.54, 1.807) is 48.7 Å². The number of methoxy groups -OCH3 is 1. The molecular formula is C23H28N4O4. The van der Waals surface area contributed by atoms with Gasteiger partial charge in [0.15, 0.2) is 0 Å². The molecule has 164 valence electrons. The number of pyridine rings is 1. The molecule has 1 fully saturated rings. The van der Waals surface area contributed by atoms with Crippen LogP contribution in [0.25, 0.3) is 0 Å². The molecule has 1 aliphatic rings. The molecule has 8 heteroatoms. The van der Waals surface area contributed by atoms with Crippen LogP contribution < -0.4 is 20.3 Å². The molecule has 1 aliphatic heterocycles. The summed E-state index contributed by atoms with van der Waals surface area (Å²) in [6, 6.07) is 10.1. The summed E-state index contributed by atoms with van der Waals surface area (Å²) in [7, 11) is 1.58. The van der Waals surface area contributed by atoms with Gasteiger partial charge < -0.3 is 20.3 Å². The highest BCUT2D eigenvalue weighted by atomic mass is 16.5. The number of hydrogen-bond donors (Lipinski definition) is 2. The third kappa shape index (κ3) is 5.59. The summed E-state index contributed by atoms with van der Waals surface area (Å²) in [5, 5.41) is 5.70. The zero-order chi connectivity index (χ0) is 22.4. The molecule has 2 aromatic rings. The second kappa shape index (κ2) is 10.1. The number of ether oxygens (including phenoxy) is 1. The molecule has 1 aromatic carbocycles. The summed E-state index contributed by atoms with van der Waals surface area (Å²) in [6.07, 6.45) is 3.44. The number of nitrogens with one attached hydrogen (secondary N) is 2. The molecule has 0 bridgehead atoms. The zero-order valence-corrected chi connectivity index (χ0v) is 18.0. The van der Waals surface area contributed by atoms with Gasteiger partial charge in [0.05, 0.1) is 13.0 Å². The number of anilines is 1. The molecule has 0 unspecified atom stereocenters. The molecule has 3 amide bonds. The Kier molecular flexibility index (Phi) is 7.23. The lowest BCUT2D eigenvalue weighted by Gasteiger charge is -2.23. The molecular weight excluding hydrogens is 396 g/mol. The monoisotopic (exact) mass is 424 g/mol. The lowest BCUT2D eigenvalue weighted by atomic mass is 10.0. The molecule has 0 aliphatic carbocycles. The van der Waals surface area contributed by atoms with Crippen molar-refractivity contribution >= 4 is 23.4 Å². The van der Waals surface area contributed by atoms with Gasteiger partial charge in [0, 0.05) is 37.6 Å². The number of amides is 3. The quantitative estimate of drug-likeness (QED) is 0.674. The van der Waals surface area contributed by atoms with Gasteiger partial charge in [-0.25, -0.2) is 0 Å². The molecule has 0 radical (unpaired) electrons. The van der Waals surface area contributed by atoms with Crippen LogP contribution in [-0.4, -0.2) is 42.4 Å². The van der Waals surface area contributed by atoms with Crippen molar-refractivity contribution in [3.05, 3.63) is 54.4 Å². The molecule has 1 aromatic heterocycles. The normalized spacial score (nSPS) is 16.8. The fourth-order valence-electron chi connectivity index (χ4n) is 3.50. The first-order valence-electron chi connectivity index (χ1n) is 10.3. The van der Waals surface area contributed by atoms with E-state index in [0.717, 1.165) is 11.3 Å². The minimum absolute atomic E-state index is 0.101. The number of carbonyl (C=O) groups excluding carboxylic acids is 3. The van der Waals surface area contributed by atoms with Gasteiger partial charge in [0.25, 0.3) is 0 Å². The van der Waals surface area contributed by atoms with E-state index < -0.39 is 12.0 Å². The van der Waals surface area contributed by atoms with Gasteiger partial charge in [0.2, 0.25) is 17.7 Å². The summed E-state index contributed by atoms with van der Waals surface area (Å²) < 4.78 is 5.15. The van der Waals surface area contributed by atoms with Crippen molar-refractivity contribution in [2.24, 2.45) is 11.8 Å². The first-order valence-corrected chi connectivity index (χ1v) is 10.3. The van der Waals surface area contributed by atoms with Crippen molar-refractivity contribution in [2.75, 3.05) is 18.6 Å². The third-order valence-corrected chi connectivity index (χ3v) is 5.34. The molecule has 31 heavy (non-hydrogen) atoms. The Labute approximate surface area is 182 Å². The number of benzene rings is 1. The third-order valence-electron chi connectivity index (χ3n) is 5.34. The van der Waals surface area contributed by atoms with Crippen molar-refractivity contribution < 1.29 is 19.1 Å². The Hall–Kier alpha value is -3.42. The summed E-state index contributed by atoms with van der Waals surface area (Å²) in [5.41, 5.74) is 1.64. The molecule has 0 saturated carbocycles. The van der Waals surface area contributed by atoms with Crippen molar-refractivity contribution in [2.45, 2.75) is 32.9 Å². The van der Waals surface area contributed by atoms with Gasteiger partial charge in [-0.3, -0.25) is 19.4 Å². The van der Waals surface area contributed by atoms with Crippen LogP contribution in [-0.2, 0) is 20.9 Å². The zero-order valence-electron chi connectivity index (χ0n) is 18.0. The second-order valence-corrected chi connectivity index (χ2v) is 7.91. The van der Waals surface area contributed by atoms with Gasteiger partial charge in [-0.15, -0.1) is 0 Å². The number of nitrogens with zero attached hydrogens (tertiary/aromatic N) is 2. The highest BCUT2D eigenvalue weighted by molar-refractivity contribution is 6.01. The predicted molar refractivity (Wildman–Crippen MR) is 116 cm³/mol. The average molecular weight is 425 g/mol. The Balaban J connectivity index is 1.60. The number of aromatic nitrogens is 1. The van der Waals surface area contributed by atoms with Crippen LogP contribution in [0.4, 0.5) is 5.69 Å². The first-order chi connectivity index (χ1) is 14.9. The maximum atomic E-state index is 12.9. The van der Waals surface area contributed by atoms with Crippen LogP contribution in [0.5, 0.6) is 5.75 Å². The minimum atomic E-state index is -0.681. The van der Waals surface area contributed by atoms with E-state index in [2.05, 4.69) is 15.6 Å². The van der Waals surface area contributed by atoms with Crippen LogP contribution >= 0.6 is 0 Å². The molecule has 3 rings (SSSR count). The van der Waals surface area contributed by atoms with Gasteiger partial charge in [0.1, 0.15) is 11.8 Å². The summed E-state index contributed by atoms with van der Waals surface area (Å²) >= 11 is 0. The fraction of sp³-hybridized carbons (Fsp3) is 0.391. The van der Waals surface area contributed by atoms with Crippen LogP contribution in [0.15, 0.2) is 48.8 Å². The second-order valence-electron chi connectivity index (χ2n) is 7.91. The molecule has 2 heterocycles. The topological polar surface area (TPSA) is 101 Å². The van der Waals surface area contributed by atoms with E-state index in [9.17, 15) is 14.4 Å². The number of hydrogen-bond acceptors (Lipinski definition) is 5. The lowest BCUT2D eigenvalue weighted by molar-refractivity contribution is -0.132. The SMILES string of the molecule is COc1ccc(N2C[C@H](C(=O)N[C@H](C(=O)NCc3ccncc3)C(C)C)CC2=O)cc1. The van der Waals surface area contributed by atoms with Crippen LogP contribution in [0.2, 0.25) is 0 Å². The molecule has 0 spiro atoms. The minimum Gasteiger partial charge on any atom is -0.497 e. The van der Waals surface area contributed by atoms with E-state index in [0.29, 0.717) is 12.3 Å². The van der Waals surface area contributed by atoms with Crippen molar-refractivity contribution in [3.8, 4) is 5.75 Å². The summed E-state index contributed by atoms with van der Waals surface area (Å²) in [4.78, 5) is 43.6. The Morgan fingerprint density at radius 1 is 1.16 bits per heavy atom. The molecule has 1 saturated heterocycles. The van der Waals surface area contributed by atoms with E-state index in [-0.39, 0.29) is 36.6 Å². The Bertz CT molecular complexity index is 915. The van der Waals surface area contributed by atoms with E-state index >= 15 is 0 Å². The fourth-order valence-corrected chi connectivity index (χ4v) is 3.50. The number of rotatable bonds is 8. The van der Waals surface area contributed by atoms with Gasteiger partial charge in [-0.05, 0) is 47.9 Å². The largest absolute Gasteiger partial charge is 0.497 e. The van der Waals surface area contributed by atoms with Crippen LogP contribution in [0, 0.1) is 11.8 Å². The highest BCUT2D eigenvalue weighted by Crippen LogP contribution is 2.27. The van der Waals surface area contributed by atoms with E-state index in [4.69, 9.17) is 4.74 Å². The van der Waals surface area contributed by atoms with E-state index in [1.165, 1.54) is 0 Å². The predicted octanol–water partition coefficient (Wildman–Crippen LogP) is 1.90. The highest BCUT2D eigenvalue weighted by Gasteiger charge is 2.37. The maximum Gasteiger partial charge on any atom is 0.243 e. The van der Waals surface area contributed by atoms with Crippen molar-refractivity contribution in [1.82, 2.24) is 15.6 Å². The van der Waals surface area contributed by atoms with Gasteiger partial charge in [-0.1, -0.05) is 13.8 Å². The van der Waals surface area contributed by atoms with E-state index in [1.807, 2.05) is 26.0 Å². The van der Waals surface area contributed by atoms with Crippen molar-refractivity contribution in [1.29, 1.82) is 0 Å². The maximum absolute atomic E-state index is 12.9. The average Bonchev–Trinajstić information content (AvgIpc) is 3.18. The smallest absolute Gasteiger partial charge is 0.243 e. The van der Waals surface area contributed by atoms with Crippen molar-refractivity contribution in [3.63, 3.8) is 0 Å². The van der Waals surface area contributed by atoms with Crippen LogP contribution in [0.3, 0.4) is 0 Å².